The first-order chi connectivity index (χ1) is 9.98. The topological polar surface area (TPSA) is 73.9 Å². The fourth-order valence-corrected chi connectivity index (χ4v) is 3.14. The van der Waals surface area contributed by atoms with E-state index in [2.05, 4.69) is 4.72 Å². The molecule has 0 aromatic heterocycles. The molecular formula is C13H20ClNO5S. The molecule has 0 aliphatic heterocycles. The summed E-state index contributed by atoms with van der Waals surface area (Å²) in [6.45, 7) is 0.388. The molecule has 0 saturated carbocycles. The van der Waals surface area contributed by atoms with Gasteiger partial charge >= 0.3 is 0 Å². The molecule has 0 saturated heterocycles. The lowest BCUT2D eigenvalue weighted by molar-refractivity contribution is 0.0320. The lowest BCUT2D eigenvalue weighted by Gasteiger charge is -2.16. The van der Waals surface area contributed by atoms with E-state index in [1.807, 2.05) is 0 Å². The zero-order valence-corrected chi connectivity index (χ0v) is 13.8. The fourth-order valence-electron chi connectivity index (χ4n) is 1.69. The summed E-state index contributed by atoms with van der Waals surface area (Å²) >= 11 is 5.74. The second kappa shape index (κ2) is 8.55. The van der Waals surface area contributed by atoms with Crippen LogP contribution in [0.3, 0.4) is 0 Å². The molecule has 21 heavy (non-hydrogen) atoms. The Kier molecular flexibility index (Phi) is 7.41. The Morgan fingerprint density at radius 1 is 1.29 bits per heavy atom. The third-order valence-corrected chi connectivity index (χ3v) is 4.61. The summed E-state index contributed by atoms with van der Waals surface area (Å²) < 4.78 is 42.4. The van der Waals surface area contributed by atoms with E-state index in [1.165, 1.54) is 27.4 Å². The Hall–Kier alpha value is -0.860. The van der Waals surface area contributed by atoms with Gasteiger partial charge in [-0.25, -0.2) is 13.1 Å². The summed E-state index contributed by atoms with van der Waals surface area (Å²) in [5, 5.41) is 0. The second-order valence-corrected chi connectivity index (χ2v) is 6.29. The Labute approximate surface area is 130 Å². The van der Waals surface area contributed by atoms with E-state index in [9.17, 15) is 8.42 Å². The molecule has 0 bridgehead atoms. The minimum Gasteiger partial charge on any atom is -0.495 e. The van der Waals surface area contributed by atoms with Crippen LogP contribution >= 0.6 is 11.6 Å². The molecule has 0 amide bonds. The van der Waals surface area contributed by atoms with Gasteiger partial charge in [0.15, 0.2) is 0 Å². The van der Waals surface area contributed by atoms with Gasteiger partial charge in [-0.1, -0.05) is 6.07 Å². The van der Waals surface area contributed by atoms with Gasteiger partial charge in [0.25, 0.3) is 0 Å². The van der Waals surface area contributed by atoms with E-state index >= 15 is 0 Å². The number of hydrogen-bond acceptors (Lipinski definition) is 5. The first kappa shape index (κ1) is 18.2. The zero-order valence-electron chi connectivity index (χ0n) is 12.3. The van der Waals surface area contributed by atoms with Crippen LogP contribution in [0.15, 0.2) is 23.1 Å². The maximum atomic E-state index is 12.4. The van der Waals surface area contributed by atoms with Gasteiger partial charge in [-0.15, -0.1) is 11.6 Å². The van der Waals surface area contributed by atoms with Crippen molar-refractivity contribution >= 4 is 21.6 Å². The van der Waals surface area contributed by atoms with Crippen molar-refractivity contribution < 1.29 is 22.6 Å². The van der Waals surface area contributed by atoms with E-state index in [0.29, 0.717) is 5.56 Å². The van der Waals surface area contributed by atoms with Crippen molar-refractivity contribution in [3.8, 4) is 5.75 Å². The molecule has 1 aromatic carbocycles. The highest BCUT2D eigenvalue weighted by Crippen LogP contribution is 2.25. The Bertz CT molecular complexity index is 549. The molecule has 0 fully saturated rings. The molecule has 1 aromatic rings. The highest BCUT2D eigenvalue weighted by molar-refractivity contribution is 7.89. The zero-order chi connectivity index (χ0) is 15.9. The van der Waals surface area contributed by atoms with E-state index in [4.69, 9.17) is 25.8 Å². The molecule has 6 nitrogen and oxygen atoms in total. The molecule has 0 aliphatic carbocycles. The van der Waals surface area contributed by atoms with Crippen molar-refractivity contribution in [1.82, 2.24) is 4.72 Å². The summed E-state index contributed by atoms with van der Waals surface area (Å²) in [7, 11) is 0.700. The molecule has 0 aliphatic rings. The first-order valence-corrected chi connectivity index (χ1v) is 8.24. The SMILES string of the molecule is COCC(CNS(=O)(=O)c1cc(CCl)ccc1OC)OC. The quantitative estimate of drug-likeness (QED) is 0.689. The standard InChI is InChI=1S/C13H20ClNO5S/c1-18-9-11(19-2)8-15-21(16,17)13-6-10(7-14)4-5-12(13)20-3/h4-6,11,15H,7-9H2,1-3H3. The van der Waals surface area contributed by atoms with Crippen LogP contribution in [0.5, 0.6) is 5.75 Å². The molecule has 0 spiro atoms. The van der Waals surface area contributed by atoms with Gasteiger partial charge in [0.2, 0.25) is 10.0 Å². The monoisotopic (exact) mass is 337 g/mol. The van der Waals surface area contributed by atoms with Crippen molar-refractivity contribution in [2.45, 2.75) is 16.9 Å². The minimum absolute atomic E-state index is 0.0513. The number of rotatable bonds is 9. The number of alkyl halides is 1. The number of hydrogen-bond donors (Lipinski definition) is 1. The third kappa shape index (κ3) is 5.12. The van der Waals surface area contributed by atoms with Crippen LogP contribution in [0.1, 0.15) is 5.56 Å². The summed E-state index contributed by atoms with van der Waals surface area (Å²) in [5.41, 5.74) is 0.693. The summed E-state index contributed by atoms with van der Waals surface area (Å²) in [4.78, 5) is 0.0513. The average Bonchev–Trinajstić information content (AvgIpc) is 2.50. The Balaban J connectivity index is 2.96. The molecule has 0 radical (unpaired) electrons. The van der Waals surface area contributed by atoms with Gasteiger partial charge in [0, 0.05) is 26.6 Å². The number of sulfonamides is 1. The summed E-state index contributed by atoms with van der Waals surface area (Å²) in [5.74, 6) is 0.480. The maximum Gasteiger partial charge on any atom is 0.244 e. The van der Waals surface area contributed by atoms with Gasteiger partial charge in [-0.3, -0.25) is 0 Å². The largest absolute Gasteiger partial charge is 0.495 e. The average molecular weight is 338 g/mol. The normalized spacial score (nSPS) is 13.1. The third-order valence-electron chi connectivity index (χ3n) is 2.86. The number of nitrogens with one attached hydrogen (secondary N) is 1. The molecule has 120 valence electrons. The van der Waals surface area contributed by atoms with Crippen molar-refractivity contribution in [3.63, 3.8) is 0 Å². The van der Waals surface area contributed by atoms with Crippen molar-refractivity contribution in [2.75, 3.05) is 34.5 Å². The lowest BCUT2D eigenvalue weighted by atomic mass is 10.2. The smallest absolute Gasteiger partial charge is 0.244 e. The molecule has 8 heteroatoms. The minimum atomic E-state index is -3.73. The van der Waals surface area contributed by atoms with Crippen LogP contribution in [0.25, 0.3) is 0 Å². The molecule has 1 atom stereocenters. The predicted octanol–water partition coefficient (Wildman–Crippen LogP) is 1.37. The van der Waals surface area contributed by atoms with Gasteiger partial charge in [0.05, 0.1) is 19.8 Å². The summed E-state index contributed by atoms with van der Waals surface area (Å²) in [6, 6.07) is 4.79. The van der Waals surface area contributed by atoms with Gasteiger partial charge in [-0.05, 0) is 17.7 Å². The van der Waals surface area contributed by atoms with Crippen molar-refractivity contribution in [1.29, 1.82) is 0 Å². The van der Waals surface area contributed by atoms with Gasteiger partial charge < -0.3 is 14.2 Å². The number of halogens is 1. The molecular weight excluding hydrogens is 318 g/mol. The summed E-state index contributed by atoms with van der Waals surface area (Å²) in [6.07, 6.45) is -0.369. The lowest BCUT2D eigenvalue weighted by Crippen LogP contribution is -2.35. The Morgan fingerprint density at radius 2 is 2.00 bits per heavy atom. The van der Waals surface area contributed by atoms with Crippen molar-refractivity contribution in [3.05, 3.63) is 23.8 Å². The fraction of sp³-hybridized carbons (Fsp3) is 0.538. The van der Waals surface area contributed by atoms with Crippen LogP contribution in [-0.2, 0) is 25.4 Å². The first-order valence-electron chi connectivity index (χ1n) is 6.22. The Morgan fingerprint density at radius 3 is 2.52 bits per heavy atom. The van der Waals surface area contributed by atoms with E-state index in [-0.39, 0.29) is 35.8 Å². The highest BCUT2D eigenvalue weighted by Gasteiger charge is 2.21. The molecule has 1 rings (SSSR count). The van der Waals surface area contributed by atoms with Gasteiger partial charge in [-0.2, -0.15) is 0 Å². The molecule has 1 N–H and O–H groups in total. The van der Waals surface area contributed by atoms with Crippen LogP contribution in [0.2, 0.25) is 0 Å². The van der Waals surface area contributed by atoms with E-state index < -0.39 is 10.0 Å². The second-order valence-electron chi connectivity index (χ2n) is 4.28. The maximum absolute atomic E-state index is 12.4. The van der Waals surface area contributed by atoms with E-state index in [0.717, 1.165) is 0 Å². The predicted molar refractivity (Wildman–Crippen MR) is 80.4 cm³/mol. The van der Waals surface area contributed by atoms with Crippen LogP contribution < -0.4 is 9.46 Å². The highest BCUT2D eigenvalue weighted by atomic mass is 35.5. The van der Waals surface area contributed by atoms with Crippen LogP contribution in [0.4, 0.5) is 0 Å². The van der Waals surface area contributed by atoms with Crippen molar-refractivity contribution in [2.24, 2.45) is 0 Å². The van der Waals surface area contributed by atoms with E-state index in [1.54, 1.807) is 12.1 Å². The number of ether oxygens (including phenoxy) is 3. The van der Waals surface area contributed by atoms with Gasteiger partial charge in [0.1, 0.15) is 10.6 Å². The van der Waals surface area contributed by atoms with Crippen LogP contribution in [0, 0.1) is 0 Å². The molecule has 0 heterocycles. The van der Waals surface area contributed by atoms with Crippen LogP contribution in [-0.4, -0.2) is 49.0 Å². The number of benzene rings is 1. The number of methoxy groups -OCH3 is 3. The molecule has 1 unspecified atom stereocenters.